The Morgan fingerprint density at radius 2 is 1.58 bits per heavy atom. The highest BCUT2D eigenvalue weighted by Crippen LogP contribution is 2.41. The van der Waals surface area contributed by atoms with Crippen molar-refractivity contribution >= 4 is 15.2 Å². The predicted molar refractivity (Wildman–Crippen MR) is 70.5 cm³/mol. The molecular weight excluding hydrogens is 292 g/mol. The molecular formula is C10H17NO6P2. The van der Waals surface area contributed by atoms with E-state index in [-0.39, 0.29) is 6.54 Å². The van der Waals surface area contributed by atoms with Crippen LogP contribution in [-0.2, 0) is 15.7 Å². The fourth-order valence-electron chi connectivity index (χ4n) is 1.73. The Morgan fingerprint density at radius 3 is 2.00 bits per heavy atom. The van der Waals surface area contributed by atoms with Crippen LogP contribution in [0.15, 0.2) is 24.3 Å². The molecule has 108 valence electrons. The second-order valence-electron chi connectivity index (χ2n) is 4.43. The van der Waals surface area contributed by atoms with Gasteiger partial charge in [0.2, 0.25) is 0 Å². The molecule has 4 N–H and O–H groups in total. The second-order valence-corrected chi connectivity index (χ2v) is 7.65. The maximum atomic E-state index is 11.0. The Hall–Kier alpha value is -0.520. The first-order valence-corrected chi connectivity index (χ1v) is 9.02. The van der Waals surface area contributed by atoms with Crippen molar-refractivity contribution in [2.24, 2.45) is 0 Å². The van der Waals surface area contributed by atoms with Crippen LogP contribution in [0.5, 0.6) is 0 Å². The highest BCUT2D eigenvalue weighted by molar-refractivity contribution is 7.52. The molecule has 0 unspecified atom stereocenters. The van der Waals surface area contributed by atoms with Gasteiger partial charge in [-0.2, -0.15) is 0 Å². The molecule has 0 spiro atoms. The van der Waals surface area contributed by atoms with E-state index >= 15 is 0 Å². The standard InChI is InChI=1S/C10H17NO6P2/c1-9-3-2-4-10(5-9)6-11(7-18(12,13)14)8-19(15,16)17/h2-5H,6-8H2,1H3,(H2,12,13,14)(H2,15,16,17). The van der Waals surface area contributed by atoms with E-state index in [1.165, 1.54) is 0 Å². The van der Waals surface area contributed by atoms with Crippen LogP contribution < -0.4 is 0 Å². The van der Waals surface area contributed by atoms with Crippen LogP contribution in [0, 0.1) is 6.92 Å². The summed E-state index contributed by atoms with van der Waals surface area (Å²) in [5, 5.41) is 0. The molecule has 0 saturated heterocycles. The van der Waals surface area contributed by atoms with Gasteiger partial charge in [-0.15, -0.1) is 0 Å². The zero-order valence-corrected chi connectivity index (χ0v) is 12.2. The van der Waals surface area contributed by atoms with E-state index in [0.29, 0.717) is 0 Å². The van der Waals surface area contributed by atoms with Crippen LogP contribution in [0.2, 0.25) is 0 Å². The van der Waals surface area contributed by atoms with E-state index in [2.05, 4.69) is 0 Å². The molecule has 1 aromatic carbocycles. The quantitative estimate of drug-likeness (QED) is 0.580. The first-order valence-electron chi connectivity index (χ1n) is 5.42. The Labute approximate surface area is 111 Å². The molecule has 0 aliphatic heterocycles. The summed E-state index contributed by atoms with van der Waals surface area (Å²) < 4.78 is 22.0. The van der Waals surface area contributed by atoms with Crippen LogP contribution in [-0.4, -0.2) is 37.0 Å². The number of rotatable bonds is 6. The lowest BCUT2D eigenvalue weighted by Gasteiger charge is -2.23. The minimum Gasteiger partial charge on any atom is -0.324 e. The van der Waals surface area contributed by atoms with Gasteiger partial charge in [0.1, 0.15) is 12.6 Å². The summed E-state index contributed by atoms with van der Waals surface area (Å²) in [5.41, 5.74) is 1.70. The molecule has 0 aliphatic carbocycles. The molecule has 0 amide bonds. The summed E-state index contributed by atoms with van der Waals surface area (Å²) in [7, 11) is -8.75. The summed E-state index contributed by atoms with van der Waals surface area (Å²) in [6.45, 7) is 1.93. The number of aryl methyl sites for hydroxylation is 1. The molecule has 0 aromatic heterocycles. The van der Waals surface area contributed by atoms with Gasteiger partial charge in [-0.3, -0.25) is 14.0 Å². The van der Waals surface area contributed by atoms with Crippen LogP contribution in [0.25, 0.3) is 0 Å². The van der Waals surface area contributed by atoms with Crippen LogP contribution in [0.3, 0.4) is 0 Å². The molecule has 1 rings (SSSR count). The zero-order valence-electron chi connectivity index (χ0n) is 10.4. The van der Waals surface area contributed by atoms with Gasteiger partial charge >= 0.3 is 15.2 Å². The maximum Gasteiger partial charge on any atom is 0.339 e. The minimum atomic E-state index is -4.37. The zero-order chi connectivity index (χ0) is 14.7. The number of hydrogen-bond acceptors (Lipinski definition) is 3. The lowest BCUT2D eigenvalue weighted by Crippen LogP contribution is -2.25. The van der Waals surface area contributed by atoms with Gasteiger partial charge in [-0.1, -0.05) is 29.8 Å². The summed E-state index contributed by atoms with van der Waals surface area (Å²) >= 11 is 0. The van der Waals surface area contributed by atoms with Crippen LogP contribution >= 0.6 is 15.2 Å². The second kappa shape index (κ2) is 6.29. The molecule has 0 aliphatic rings. The Balaban J connectivity index is 2.85. The minimum absolute atomic E-state index is 0.0674. The predicted octanol–water partition coefficient (Wildman–Crippen LogP) is 1.07. The molecule has 0 atom stereocenters. The Kier molecular flexibility index (Phi) is 5.47. The van der Waals surface area contributed by atoms with Crippen molar-refractivity contribution in [1.82, 2.24) is 4.90 Å². The molecule has 9 heteroatoms. The first-order chi connectivity index (χ1) is 8.55. The molecule has 0 saturated carbocycles. The molecule has 0 bridgehead atoms. The van der Waals surface area contributed by atoms with E-state index in [9.17, 15) is 9.13 Å². The smallest absolute Gasteiger partial charge is 0.324 e. The van der Waals surface area contributed by atoms with Crippen molar-refractivity contribution in [3.63, 3.8) is 0 Å². The third-order valence-electron chi connectivity index (χ3n) is 2.26. The Bertz CT molecular complexity index is 499. The highest BCUT2D eigenvalue weighted by Gasteiger charge is 2.25. The van der Waals surface area contributed by atoms with Crippen molar-refractivity contribution in [2.75, 3.05) is 12.6 Å². The fourth-order valence-corrected chi connectivity index (χ4v) is 3.33. The number of hydrogen-bond donors (Lipinski definition) is 4. The third-order valence-corrected chi connectivity index (χ3v) is 3.79. The molecule has 0 fully saturated rings. The van der Waals surface area contributed by atoms with Gasteiger partial charge in [-0.25, -0.2) is 0 Å². The van der Waals surface area contributed by atoms with Gasteiger partial charge in [-0.05, 0) is 12.5 Å². The van der Waals surface area contributed by atoms with E-state index in [4.69, 9.17) is 19.6 Å². The van der Waals surface area contributed by atoms with E-state index in [1.807, 2.05) is 13.0 Å². The first kappa shape index (κ1) is 16.5. The molecule has 7 nitrogen and oxygen atoms in total. The monoisotopic (exact) mass is 309 g/mol. The average molecular weight is 309 g/mol. The third kappa shape index (κ3) is 7.60. The van der Waals surface area contributed by atoms with Crippen molar-refractivity contribution in [3.8, 4) is 0 Å². The number of benzene rings is 1. The van der Waals surface area contributed by atoms with E-state index in [0.717, 1.165) is 16.0 Å². The van der Waals surface area contributed by atoms with E-state index in [1.54, 1.807) is 18.2 Å². The summed E-state index contributed by atoms with van der Waals surface area (Å²) in [5.74, 6) is 0. The number of nitrogens with zero attached hydrogens (tertiary/aromatic N) is 1. The molecule has 0 heterocycles. The van der Waals surface area contributed by atoms with Gasteiger partial charge in [0.25, 0.3) is 0 Å². The van der Waals surface area contributed by atoms with Crippen molar-refractivity contribution in [3.05, 3.63) is 35.4 Å². The summed E-state index contributed by atoms with van der Waals surface area (Å²) in [4.78, 5) is 36.8. The lowest BCUT2D eigenvalue weighted by molar-refractivity contribution is 0.273. The largest absolute Gasteiger partial charge is 0.339 e. The van der Waals surface area contributed by atoms with Crippen LogP contribution in [0.4, 0.5) is 0 Å². The average Bonchev–Trinajstić information content (AvgIpc) is 2.11. The Morgan fingerprint density at radius 1 is 1.05 bits per heavy atom. The van der Waals surface area contributed by atoms with Crippen LogP contribution in [0.1, 0.15) is 11.1 Å². The fraction of sp³-hybridized carbons (Fsp3) is 0.400. The van der Waals surface area contributed by atoms with Gasteiger partial charge in [0, 0.05) is 6.54 Å². The maximum absolute atomic E-state index is 11.0. The normalized spacial score (nSPS) is 12.9. The summed E-state index contributed by atoms with van der Waals surface area (Å²) in [6, 6.07) is 7.17. The van der Waals surface area contributed by atoms with Crippen molar-refractivity contribution in [2.45, 2.75) is 13.5 Å². The highest BCUT2D eigenvalue weighted by atomic mass is 31.2. The SMILES string of the molecule is Cc1cccc(CN(CP(=O)(O)O)CP(=O)(O)O)c1. The topological polar surface area (TPSA) is 118 Å². The summed E-state index contributed by atoms with van der Waals surface area (Å²) in [6.07, 6.45) is -1.38. The molecule has 1 aromatic rings. The van der Waals surface area contributed by atoms with Crippen molar-refractivity contribution in [1.29, 1.82) is 0 Å². The lowest BCUT2D eigenvalue weighted by atomic mass is 10.1. The molecule has 19 heavy (non-hydrogen) atoms. The van der Waals surface area contributed by atoms with Gasteiger partial charge in [0.05, 0.1) is 0 Å². The van der Waals surface area contributed by atoms with E-state index < -0.39 is 27.8 Å². The molecule has 0 radical (unpaired) electrons. The van der Waals surface area contributed by atoms with Crippen molar-refractivity contribution < 1.29 is 28.7 Å². The van der Waals surface area contributed by atoms with Gasteiger partial charge in [0.15, 0.2) is 0 Å². The van der Waals surface area contributed by atoms with Gasteiger partial charge < -0.3 is 19.6 Å².